The van der Waals surface area contributed by atoms with Gasteiger partial charge in [-0.15, -0.1) is 12.4 Å². The molecule has 112 valence electrons. The lowest BCUT2D eigenvalue weighted by Gasteiger charge is -2.02. The summed E-state index contributed by atoms with van der Waals surface area (Å²) in [6.45, 7) is 8.96. The van der Waals surface area contributed by atoms with Crippen LogP contribution in [-0.4, -0.2) is 19.6 Å². The van der Waals surface area contributed by atoms with E-state index in [0.717, 1.165) is 37.4 Å². The highest BCUT2D eigenvalue weighted by Gasteiger charge is 2.06. The fourth-order valence-corrected chi connectivity index (χ4v) is 2.23. The van der Waals surface area contributed by atoms with Gasteiger partial charge >= 0.3 is 0 Å². The lowest BCUT2D eigenvalue weighted by Crippen LogP contribution is -2.13. The van der Waals surface area contributed by atoms with Crippen molar-refractivity contribution >= 4 is 12.4 Å². The zero-order chi connectivity index (χ0) is 13.8. The lowest BCUT2D eigenvalue weighted by molar-refractivity contribution is 0.597. The Bertz CT molecular complexity index is 544. The molecule has 0 aromatic carbocycles. The highest BCUT2D eigenvalue weighted by atomic mass is 35.5. The van der Waals surface area contributed by atoms with Crippen LogP contribution in [0.2, 0.25) is 0 Å². The standard InChI is InChI=1S/C14H23N5.ClH/c1-5-6-19-10-14(12(3)17-19)8-15-7-13-9-18(4)16-11(13)2;/h9-10,15H,5-8H2,1-4H3;1H. The summed E-state index contributed by atoms with van der Waals surface area (Å²) < 4.78 is 3.89. The van der Waals surface area contributed by atoms with Crippen LogP contribution < -0.4 is 5.32 Å². The summed E-state index contributed by atoms with van der Waals surface area (Å²) in [4.78, 5) is 0. The van der Waals surface area contributed by atoms with Crippen molar-refractivity contribution in [1.82, 2.24) is 24.9 Å². The molecular weight excluding hydrogens is 274 g/mol. The summed E-state index contributed by atoms with van der Waals surface area (Å²) in [7, 11) is 1.95. The first-order valence-corrected chi connectivity index (χ1v) is 6.83. The summed E-state index contributed by atoms with van der Waals surface area (Å²) in [6, 6.07) is 0. The number of rotatable bonds is 6. The number of aromatic nitrogens is 4. The van der Waals surface area contributed by atoms with E-state index in [1.165, 1.54) is 11.1 Å². The third-order valence-corrected chi connectivity index (χ3v) is 3.25. The largest absolute Gasteiger partial charge is 0.308 e. The van der Waals surface area contributed by atoms with E-state index in [1.807, 2.05) is 23.3 Å². The molecule has 1 N–H and O–H groups in total. The molecule has 0 radical (unpaired) electrons. The number of nitrogens with one attached hydrogen (secondary N) is 1. The second kappa shape index (κ2) is 7.45. The summed E-state index contributed by atoms with van der Waals surface area (Å²) in [6.07, 6.45) is 5.32. The maximum absolute atomic E-state index is 4.51. The predicted octanol–water partition coefficient (Wildman–Crippen LogP) is 2.36. The van der Waals surface area contributed by atoms with Gasteiger partial charge in [0.25, 0.3) is 0 Å². The molecule has 5 nitrogen and oxygen atoms in total. The van der Waals surface area contributed by atoms with Crippen LogP contribution in [0.25, 0.3) is 0 Å². The van der Waals surface area contributed by atoms with Crippen LogP contribution in [0.3, 0.4) is 0 Å². The number of hydrogen-bond donors (Lipinski definition) is 1. The van der Waals surface area contributed by atoms with Crippen LogP contribution in [0.4, 0.5) is 0 Å². The van der Waals surface area contributed by atoms with E-state index < -0.39 is 0 Å². The SMILES string of the molecule is CCCn1cc(CNCc2cn(C)nc2C)c(C)n1.Cl. The summed E-state index contributed by atoms with van der Waals surface area (Å²) in [5, 5.41) is 12.3. The minimum Gasteiger partial charge on any atom is -0.308 e. The van der Waals surface area contributed by atoms with Crippen molar-refractivity contribution in [2.24, 2.45) is 7.05 Å². The molecule has 0 atom stereocenters. The average molecular weight is 298 g/mol. The molecule has 0 saturated heterocycles. The Hall–Kier alpha value is -1.33. The molecule has 0 amide bonds. The third-order valence-electron chi connectivity index (χ3n) is 3.25. The summed E-state index contributed by atoms with van der Waals surface area (Å²) in [5.74, 6) is 0. The quantitative estimate of drug-likeness (QED) is 0.890. The minimum absolute atomic E-state index is 0. The number of halogens is 1. The molecule has 0 aliphatic carbocycles. The van der Waals surface area contributed by atoms with Crippen molar-refractivity contribution in [3.8, 4) is 0 Å². The number of hydrogen-bond acceptors (Lipinski definition) is 3. The first-order valence-electron chi connectivity index (χ1n) is 6.83. The number of nitrogens with zero attached hydrogens (tertiary/aromatic N) is 4. The van der Waals surface area contributed by atoms with E-state index in [1.54, 1.807) is 0 Å². The van der Waals surface area contributed by atoms with E-state index in [-0.39, 0.29) is 12.4 Å². The first kappa shape index (κ1) is 16.7. The van der Waals surface area contributed by atoms with Gasteiger partial charge in [0.2, 0.25) is 0 Å². The average Bonchev–Trinajstić information content (AvgIpc) is 2.84. The van der Waals surface area contributed by atoms with Crippen molar-refractivity contribution in [3.05, 3.63) is 34.9 Å². The van der Waals surface area contributed by atoms with Crippen LogP contribution in [0.1, 0.15) is 35.9 Å². The highest BCUT2D eigenvalue weighted by Crippen LogP contribution is 2.08. The van der Waals surface area contributed by atoms with E-state index in [4.69, 9.17) is 0 Å². The second-order valence-electron chi connectivity index (χ2n) is 5.02. The molecular formula is C14H24ClN5. The van der Waals surface area contributed by atoms with Gasteiger partial charge in [0, 0.05) is 50.2 Å². The Balaban J connectivity index is 0.00000200. The van der Waals surface area contributed by atoms with Crippen LogP contribution in [-0.2, 0) is 26.7 Å². The van der Waals surface area contributed by atoms with Crippen molar-refractivity contribution < 1.29 is 0 Å². The van der Waals surface area contributed by atoms with Crippen molar-refractivity contribution in [3.63, 3.8) is 0 Å². The Morgan fingerprint density at radius 2 is 1.65 bits per heavy atom. The summed E-state index contributed by atoms with van der Waals surface area (Å²) >= 11 is 0. The molecule has 0 bridgehead atoms. The zero-order valence-electron chi connectivity index (χ0n) is 12.7. The highest BCUT2D eigenvalue weighted by molar-refractivity contribution is 5.85. The fourth-order valence-electron chi connectivity index (χ4n) is 2.23. The van der Waals surface area contributed by atoms with Crippen LogP contribution in [0.15, 0.2) is 12.4 Å². The maximum Gasteiger partial charge on any atom is 0.0638 e. The Kier molecular flexibility index (Phi) is 6.23. The Morgan fingerprint density at radius 1 is 1.05 bits per heavy atom. The monoisotopic (exact) mass is 297 g/mol. The van der Waals surface area contributed by atoms with Crippen LogP contribution in [0.5, 0.6) is 0 Å². The lowest BCUT2D eigenvalue weighted by atomic mass is 10.2. The normalized spacial score (nSPS) is 10.6. The van der Waals surface area contributed by atoms with Crippen molar-refractivity contribution in [2.75, 3.05) is 0 Å². The zero-order valence-corrected chi connectivity index (χ0v) is 13.5. The first-order chi connectivity index (χ1) is 9.10. The van der Waals surface area contributed by atoms with Gasteiger partial charge in [-0.05, 0) is 20.3 Å². The number of aryl methyl sites for hydroxylation is 4. The van der Waals surface area contributed by atoms with Gasteiger partial charge in [-0.3, -0.25) is 9.36 Å². The fraction of sp³-hybridized carbons (Fsp3) is 0.571. The van der Waals surface area contributed by atoms with Gasteiger partial charge in [0.05, 0.1) is 11.4 Å². The molecule has 0 spiro atoms. The van der Waals surface area contributed by atoms with Crippen LogP contribution in [0, 0.1) is 13.8 Å². The predicted molar refractivity (Wildman–Crippen MR) is 83.0 cm³/mol. The summed E-state index contributed by atoms with van der Waals surface area (Å²) in [5.41, 5.74) is 4.73. The topological polar surface area (TPSA) is 47.7 Å². The molecule has 20 heavy (non-hydrogen) atoms. The van der Waals surface area contributed by atoms with E-state index in [0.29, 0.717) is 0 Å². The second-order valence-corrected chi connectivity index (χ2v) is 5.02. The van der Waals surface area contributed by atoms with Gasteiger partial charge in [-0.1, -0.05) is 6.92 Å². The van der Waals surface area contributed by atoms with E-state index >= 15 is 0 Å². The molecule has 0 unspecified atom stereocenters. The van der Waals surface area contributed by atoms with Crippen molar-refractivity contribution in [2.45, 2.75) is 46.8 Å². The van der Waals surface area contributed by atoms with Crippen LogP contribution >= 0.6 is 12.4 Å². The van der Waals surface area contributed by atoms with Gasteiger partial charge in [-0.25, -0.2) is 0 Å². The Labute approximate surface area is 126 Å². The molecule has 6 heteroatoms. The minimum atomic E-state index is 0. The molecule has 2 aromatic heterocycles. The maximum atomic E-state index is 4.51. The van der Waals surface area contributed by atoms with Gasteiger partial charge in [-0.2, -0.15) is 10.2 Å². The van der Waals surface area contributed by atoms with E-state index in [2.05, 4.69) is 41.8 Å². The molecule has 0 fully saturated rings. The van der Waals surface area contributed by atoms with Crippen molar-refractivity contribution in [1.29, 1.82) is 0 Å². The van der Waals surface area contributed by atoms with Gasteiger partial charge in [0.15, 0.2) is 0 Å². The van der Waals surface area contributed by atoms with Gasteiger partial charge in [0.1, 0.15) is 0 Å². The third kappa shape index (κ3) is 4.08. The molecule has 0 aliphatic heterocycles. The molecule has 0 aliphatic rings. The molecule has 2 heterocycles. The van der Waals surface area contributed by atoms with Gasteiger partial charge < -0.3 is 5.32 Å². The van der Waals surface area contributed by atoms with E-state index in [9.17, 15) is 0 Å². The molecule has 2 rings (SSSR count). The molecule has 0 saturated carbocycles. The Morgan fingerprint density at radius 3 is 2.20 bits per heavy atom. The molecule has 2 aromatic rings. The smallest absolute Gasteiger partial charge is 0.0638 e.